The Balaban J connectivity index is 2.62. The lowest BCUT2D eigenvalue weighted by Gasteiger charge is -2.33. The Kier molecular flexibility index (Phi) is 4.14. The largest absolute Gasteiger partial charge is 0.367 e. The summed E-state index contributed by atoms with van der Waals surface area (Å²) < 4.78 is 15.6. The molecular weight excluding hydrogens is 210 g/mol. The van der Waals surface area contributed by atoms with E-state index in [1.807, 2.05) is 0 Å². The molecule has 1 aliphatic heterocycles. The van der Waals surface area contributed by atoms with E-state index in [0.717, 1.165) is 0 Å². The molecular formula is C7H13NO5S. The molecule has 1 heterocycles. The fourth-order valence-corrected chi connectivity index (χ4v) is 1.77. The van der Waals surface area contributed by atoms with E-state index < -0.39 is 23.4 Å². The van der Waals surface area contributed by atoms with Crippen molar-refractivity contribution >= 4 is 16.9 Å². The minimum Gasteiger partial charge on any atom is -0.367 e. The summed E-state index contributed by atoms with van der Waals surface area (Å²) in [4.78, 5) is 11.0. The summed E-state index contributed by atoms with van der Waals surface area (Å²) in [6, 6.07) is -0.819. The molecule has 0 aliphatic carbocycles. The molecule has 2 atom stereocenters. The number of nitrogens with zero attached hydrogens (tertiary/aromatic N) is 1. The minimum atomic E-state index is -1.66. The number of hydrogen-bond acceptors (Lipinski definition) is 6. The SMILES string of the molecule is CS(=O)ON1CCC(=O)CC1C(O)O. The lowest BCUT2D eigenvalue weighted by molar-refractivity contribution is -0.191. The molecule has 0 spiro atoms. The number of aliphatic hydroxyl groups excluding tert-OH is 1. The summed E-state index contributed by atoms with van der Waals surface area (Å²) in [6.45, 7) is 0.237. The molecule has 0 radical (unpaired) electrons. The van der Waals surface area contributed by atoms with Gasteiger partial charge in [0.2, 0.25) is 0 Å². The average Bonchev–Trinajstić information content (AvgIpc) is 2.07. The first kappa shape index (κ1) is 11.7. The van der Waals surface area contributed by atoms with E-state index in [2.05, 4.69) is 0 Å². The van der Waals surface area contributed by atoms with Crippen LogP contribution in [0.1, 0.15) is 12.8 Å². The zero-order valence-corrected chi connectivity index (χ0v) is 8.57. The predicted octanol–water partition coefficient (Wildman–Crippen LogP) is -1.44. The van der Waals surface area contributed by atoms with Crippen LogP contribution in [0.15, 0.2) is 0 Å². The van der Waals surface area contributed by atoms with Crippen LogP contribution >= 0.6 is 0 Å². The van der Waals surface area contributed by atoms with Gasteiger partial charge in [0.25, 0.3) is 0 Å². The summed E-state index contributed by atoms with van der Waals surface area (Å²) in [6.07, 6.45) is -0.0465. The van der Waals surface area contributed by atoms with Crippen LogP contribution in [-0.2, 0) is 20.2 Å². The van der Waals surface area contributed by atoms with Gasteiger partial charge in [-0.3, -0.25) is 4.79 Å². The number of rotatable bonds is 3. The summed E-state index contributed by atoms with van der Waals surface area (Å²) in [5, 5.41) is 19.1. The Morgan fingerprint density at radius 3 is 2.79 bits per heavy atom. The summed E-state index contributed by atoms with van der Waals surface area (Å²) in [5.41, 5.74) is 0. The molecule has 2 unspecified atom stereocenters. The van der Waals surface area contributed by atoms with Gasteiger partial charge in [0.05, 0.1) is 6.04 Å². The van der Waals surface area contributed by atoms with E-state index >= 15 is 0 Å². The summed E-state index contributed by atoms with van der Waals surface area (Å²) in [5.74, 6) is -0.0511. The second-order valence-corrected chi connectivity index (χ2v) is 4.04. The zero-order valence-electron chi connectivity index (χ0n) is 7.75. The molecule has 0 saturated carbocycles. The number of hydroxylamine groups is 2. The van der Waals surface area contributed by atoms with Gasteiger partial charge in [-0.1, -0.05) is 0 Å². The monoisotopic (exact) mass is 223 g/mol. The molecule has 0 amide bonds. The van der Waals surface area contributed by atoms with Crippen LogP contribution in [0.4, 0.5) is 0 Å². The second kappa shape index (κ2) is 4.94. The Hall–Kier alpha value is -0.340. The quantitative estimate of drug-likeness (QED) is 0.570. The van der Waals surface area contributed by atoms with Gasteiger partial charge in [-0.2, -0.15) is 9.35 Å². The first-order valence-electron chi connectivity index (χ1n) is 4.17. The number of carbonyl (C=O) groups is 1. The molecule has 82 valence electrons. The van der Waals surface area contributed by atoms with Crippen LogP contribution in [0.25, 0.3) is 0 Å². The van der Waals surface area contributed by atoms with Gasteiger partial charge < -0.3 is 10.2 Å². The van der Waals surface area contributed by atoms with Crippen molar-refractivity contribution in [2.24, 2.45) is 0 Å². The molecule has 6 nitrogen and oxygen atoms in total. The van der Waals surface area contributed by atoms with Crippen LogP contribution in [0, 0.1) is 0 Å². The van der Waals surface area contributed by atoms with E-state index in [0.29, 0.717) is 0 Å². The van der Waals surface area contributed by atoms with Crippen molar-refractivity contribution in [1.29, 1.82) is 0 Å². The van der Waals surface area contributed by atoms with E-state index in [1.165, 1.54) is 11.3 Å². The maximum absolute atomic E-state index is 11.0. The van der Waals surface area contributed by atoms with Gasteiger partial charge >= 0.3 is 0 Å². The third kappa shape index (κ3) is 3.10. The highest BCUT2D eigenvalue weighted by Crippen LogP contribution is 2.17. The Bertz CT molecular complexity index is 244. The van der Waals surface area contributed by atoms with Crippen LogP contribution in [0.5, 0.6) is 0 Å². The number of aliphatic hydroxyl groups is 2. The highest BCUT2D eigenvalue weighted by molar-refractivity contribution is 7.79. The normalized spacial score (nSPS) is 26.9. The molecule has 1 fully saturated rings. The van der Waals surface area contributed by atoms with Gasteiger partial charge in [-0.05, 0) is 0 Å². The highest BCUT2D eigenvalue weighted by Gasteiger charge is 2.33. The third-order valence-corrected chi connectivity index (χ3v) is 2.36. The van der Waals surface area contributed by atoms with Gasteiger partial charge in [0.15, 0.2) is 17.4 Å². The fraction of sp³-hybridized carbons (Fsp3) is 0.857. The topological polar surface area (TPSA) is 87.1 Å². The van der Waals surface area contributed by atoms with E-state index in [-0.39, 0.29) is 25.2 Å². The Labute approximate surface area is 84.1 Å². The Morgan fingerprint density at radius 1 is 1.64 bits per heavy atom. The van der Waals surface area contributed by atoms with Crippen molar-refractivity contribution < 1.29 is 23.5 Å². The number of ketones is 1. The molecule has 1 rings (SSSR count). The van der Waals surface area contributed by atoms with Crippen LogP contribution < -0.4 is 0 Å². The highest BCUT2D eigenvalue weighted by atomic mass is 32.2. The van der Waals surface area contributed by atoms with Gasteiger partial charge in [-0.25, -0.2) is 4.21 Å². The first-order chi connectivity index (χ1) is 6.50. The van der Waals surface area contributed by atoms with E-state index in [1.54, 1.807) is 0 Å². The standard InChI is InChI=1S/C7H13NO5S/c1-14(12)13-8-3-2-5(9)4-6(8)7(10)11/h6-7,10-11H,2-4H2,1H3. The number of Topliss-reactive ketones (excluding diaryl/α,β-unsaturated/α-hetero) is 1. The molecule has 0 aromatic heterocycles. The molecule has 0 bridgehead atoms. The molecule has 1 aliphatic rings. The van der Waals surface area contributed by atoms with Crippen molar-refractivity contribution in [2.75, 3.05) is 12.8 Å². The second-order valence-electron chi connectivity index (χ2n) is 3.09. The van der Waals surface area contributed by atoms with Gasteiger partial charge in [0, 0.05) is 25.6 Å². The zero-order chi connectivity index (χ0) is 10.7. The van der Waals surface area contributed by atoms with Crippen molar-refractivity contribution in [2.45, 2.75) is 25.2 Å². The van der Waals surface area contributed by atoms with Crippen molar-refractivity contribution in [1.82, 2.24) is 5.06 Å². The van der Waals surface area contributed by atoms with Crippen LogP contribution in [0.2, 0.25) is 0 Å². The number of hydrogen-bond donors (Lipinski definition) is 2. The van der Waals surface area contributed by atoms with E-state index in [4.69, 9.17) is 14.5 Å². The molecule has 0 aromatic rings. The maximum atomic E-state index is 11.0. The van der Waals surface area contributed by atoms with Crippen molar-refractivity contribution in [3.8, 4) is 0 Å². The lowest BCUT2D eigenvalue weighted by Crippen LogP contribution is -2.49. The molecule has 2 N–H and O–H groups in total. The smallest absolute Gasteiger partial charge is 0.170 e. The summed E-state index contributed by atoms with van der Waals surface area (Å²) >= 11 is -1.52. The fourth-order valence-electron chi connectivity index (χ4n) is 1.32. The van der Waals surface area contributed by atoms with Crippen molar-refractivity contribution in [3.05, 3.63) is 0 Å². The molecule has 14 heavy (non-hydrogen) atoms. The number of carbonyl (C=O) groups excluding carboxylic acids is 1. The minimum absolute atomic E-state index is 0.00880. The van der Waals surface area contributed by atoms with Crippen molar-refractivity contribution in [3.63, 3.8) is 0 Å². The average molecular weight is 223 g/mol. The van der Waals surface area contributed by atoms with Crippen LogP contribution in [0.3, 0.4) is 0 Å². The van der Waals surface area contributed by atoms with E-state index in [9.17, 15) is 9.00 Å². The molecule has 7 heteroatoms. The maximum Gasteiger partial charge on any atom is 0.170 e. The lowest BCUT2D eigenvalue weighted by atomic mass is 10.0. The molecule has 1 saturated heterocycles. The molecule has 0 aromatic carbocycles. The van der Waals surface area contributed by atoms with Crippen LogP contribution in [-0.4, -0.2) is 50.4 Å². The van der Waals surface area contributed by atoms with Gasteiger partial charge in [0.1, 0.15) is 5.78 Å². The third-order valence-electron chi connectivity index (χ3n) is 1.96. The predicted molar refractivity (Wildman–Crippen MR) is 48.1 cm³/mol. The Morgan fingerprint density at radius 2 is 2.29 bits per heavy atom. The first-order valence-corrected chi connectivity index (χ1v) is 5.65. The summed E-state index contributed by atoms with van der Waals surface area (Å²) in [7, 11) is 0. The number of piperidine rings is 1. The van der Waals surface area contributed by atoms with Gasteiger partial charge in [-0.15, -0.1) is 0 Å².